The largest absolute Gasteiger partial charge is 0.481 e. The lowest BCUT2D eigenvalue weighted by Crippen LogP contribution is -2.46. The fourth-order valence-corrected chi connectivity index (χ4v) is 3.45. The van der Waals surface area contributed by atoms with E-state index in [2.05, 4.69) is 5.32 Å². The summed E-state index contributed by atoms with van der Waals surface area (Å²) >= 11 is 0. The minimum Gasteiger partial charge on any atom is -0.481 e. The summed E-state index contributed by atoms with van der Waals surface area (Å²) in [5.41, 5.74) is 6.11. The van der Waals surface area contributed by atoms with Crippen LogP contribution in [0, 0.1) is 11.8 Å². The number of amides is 1. The first-order chi connectivity index (χ1) is 9.58. The molecule has 0 aromatic heterocycles. The number of hydrogen-bond acceptors (Lipinski definition) is 3. The lowest BCUT2D eigenvalue weighted by Gasteiger charge is -2.29. The Hall–Kier alpha value is -1.10. The van der Waals surface area contributed by atoms with Crippen molar-refractivity contribution in [3.05, 3.63) is 0 Å². The number of carboxylic acids is 1. The highest BCUT2D eigenvalue weighted by Gasteiger charge is 2.31. The molecule has 2 fully saturated rings. The third-order valence-electron chi connectivity index (χ3n) is 4.83. The van der Waals surface area contributed by atoms with Crippen LogP contribution in [-0.2, 0) is 9.59 Å². The van der Waals surface area contributed by atoms with E-state index in [-0.39, 0.29) is 29.8 Å². The first kappa shape index (κ1) is 15.3. The van der Waals surface area contributed by atoms with Gasteiger partial charge in [-0.2, -0.15) is 0 Å². The molecule has 0 bridgehead atoms. The van der Waals surface area contributed by atoms with Gasteiger partial charge in [0.2, 0.25) is 5.91 Å². The lowest BCUT2D eigenvalue weighted by molar-refractivity contribution is -0.142. The molecule has 2 saturated carbocycles. The molecule has 2 unspecified atom stereocenters. The SMILES string of the molecule is NC1CCCCCC1C(=O)NC1CCC(C(=O)O)CC1. The van der Waals surface area contributed by atoms with Crippen molar-refractivity contribution in [3.8, 4) is 0 Å². The predicted molar refractivity (Wildman–Crippen MR) is 76.1 cm³/mol. The van der Waals surface area contributed by atoms with E-state index in [0.29, 0.717) is 12.8 Å². The maximum absolute atomic E-state index is 12.3. The second kappa shape index (κ2) is 7.07. The number of hydrogen-bond donors (Lipinski definition) is 3. The molecule has 5 heteroatoms. The molecule has 4 N–H and O–H groups in total. The number of carbonyl (C=O) groups excluding carboxylic acids is 1. The summed E-state index contributed by atoms with van der Waals surface area (Å²) in [6.45, 7) is 0. The van der Waals surface area contributed by atoms with Crippen LogP contribution in [0.1, 0.15) is 57.8 Å². The van der Waals surface area contributed by atoms with Gasteiger partial charge in [-0.1, -0.05) is 19.3 Å². The molecule has 0 aliphatic heterocycles. The highest BCUT2D eigenvalue weighted by Crippen LogP contribution is 2.26. The molecule has 0 saturated heterocycles. The number of carboxylic acid groups (broad SMARTS) is 1. The molecule has 0 spiro atoms. The molecule has 0 radical (unpaired) electrons. The standard InChI is InChI=1S/C15H26N2O3/c16-13-5-3-1-2-4-12(13)14(18)17-11-8-6-10(7-9-11)15(19)20/h10-13H,1-9,16H2,(H,17,18)(H,19,20). The van der Waals surface area contributed by atoms with E-state index in [1.807, 2.05) is 0 Å². The van der Waals surface area contributed by atoms with E-state index in [9.17, 15) is 9.59 Å². The molecular weight excluding hydrogens is 256 g/mol. The van der Waals surface area contributed by atoms with Crippen molar-refractivity contribution in [1.82, 2.24) is 5.32 Å². The predicted octanol–water partition coefficient (Wildman–Crippen LogP) is 1.65. The number of nitrogens with two attached hydrogens (primary N) is 1. The Balaban J connectivity index is 1.81. The molecule has 0 heterocycles. The lowest BCUT2D eigenvalue weighted by atomic mass is 9.85. The van der Waals surface area contributed by atoms with E-state index in [4.69, 9.17) is 10.8 Å². The molecule has 5 nitrogen and oxygen atoms in total. The normalized spacial score (nSPS) is 35.0. The minimum absolute atomic E-state index is 0.0205. The van der Waals surface area contributed by atoms with Gasteiger partial charge in [0.15, 0.2) is 0 Å². The van der Waals surface area contributed by atoms with Crippen LogP contribution in [0.4, 0.5) is 0 Å². The number of aliphatic carboxylic acids is 1. The second-order valence-electron chi connectivity index (χ2n) is 6.30. The van der Waals surface area contributed by atoms with Gasteiger partial charge in [-0.05, 0) is 38.5 Å². The van der Waals surface area contributed by atoms with Crippen molar-refractivity contribution >= 4 is 11.9 Å². The van der Waals surface area contributed by atoms with Crippen molar-refractivity contribution in [2.24, 2.45) is 17.6 Å². The van der Waals surface area contributed by atoms with Gasteiger partial charge in [-0.25, -0.2) is 0 Å². The van der Waals surface area contributed by atoms with Gasteiger partial charge in [0.05, 0.1) is 11.8 Å². The number of rotatable bonds is 3. The van der Waals surface area contributed by atoms with E-state index in [0.717, 1.165) is 38.5 Å². The van der Waals surface area contributed by atoms with Crippen LogP contribution in [0.2, 0.25) is 0 Å². The van der Waals surface area contributed by atoms with Gasteiger partial charge in [-0.15, -0.1) is 0 Å². The second-order valence-corrected chi connectivity index (χ2v) is 6.30. The zero-order valence-corrected chi connectivity index (χ0v) is 12.0. The highest BCUT2D eigenvalue weighted by atomic mass is 16.4. The molecule has 2 atom stereocenters. The summed E-state index contributed by atoms with van der Waals surface area (Å²) in [4.78, 5) is 23.2. The summed E-state index contributed by atoms with van der Waals surface area (Å²) in [5.74, 6) is -0.920. The number of carbonyl (C=O) groups is 2. The molecule has 2 aliphatic carbocycles. The summed E-state index contributed by atoms with van der Waals surface area (Å²) in [7, 11) is 0. The Labute approximate surface area is 120 Å². The van der Waals surface area contributed by atoms with Crippen LogP contribution < -0.4 is 11.1 Å². The third kappa shape index (κ3) is 3.95. The average Bonchev–Trinajstić information content (AvgIpc) is 2.64. The van der Waals surface area contributed by atoms with E-state index in [1.54, 1.807) is 0 Å². The summed E-state index contributed by atoms with van der Waals surface area (Å²) in [5, 5.41) is 12.1. The zero-order valence-electron chi connectivity index (χ0n) is 12.0. The van der Waals surface area contributed by atoms with Crippen LogP contribution in [0.3, 0.4) is 0 Å². The Morgan fingerprint density at radius 3 is 2.25 bits per heavy atom. The average molecular weight is 282 g/mol. The Morgan fingerprint density at radius 1 is 0.950 bits per heavy atom. The fraction of sp³-hybridized carbons (Fsp3) is 0.867. The van der Waals surface area contributed by atoms with Crippen LogP contribution in [0.5, 0.6) is 0 Å². The molecule has 2 aliphatic rings. The Bertz CT molecular complexity index is 351. The topological polar surface area (TPSA) is 92.4 Å². The maximum Gasteiger partial charge on any atom is 0.306 e. The molecule has 0 aromatic rings. The minimum atomic E-state index is -0.708. The third-order valence-corrected chi connectivity index (χ3v) is 4.83. The smallest absolute Gasteiger partial charge is 0.306 e. The molecule has 1 amide bonds. The monoisotopic (exact) mass is 282 g/mol. The summed E-state index contributed by atoms with van der Waals surface area (Å²) < 4.78 is 0. The van der Waals surface area contributed by atoms with Crippen molar-refractivity contribution in [3.63, 3.8) is 0 Å². The van der Waals surface area contributed by atoms with Crippen LogP contribution in [0.15, 0.2) is 0 Å². The zero-order chi connectivity index (χ0) is 14.5. The van der Waals surface area contributed by atoms with Gasteiger partial charge >= 0.3 is 5.97 Å². The molecule has 20 heavy (non-hydrogen) atoms. The van der Waals surface area contributed by atoms with Gasteiger partial charge in [0, 0.05) is 12.1 Å². The van der Waals surface area contributed by atoms with E-state index in [1.165, 1.54) is 6.42 Å². The molecule has 0 aromatic carbocycles. The summed E-state index contributed by atoms with van der Waals surface area (Å²) in [6.07, 6.45) is 8.05. The van der Waals surface area contributed by atoms with Crippen molar-refractivity contribution in [1.29, 1.82) is 0 Å². The Morgan fingerprint density at radius 2 is 1.60 bits per heavy atom. The first-order valence-electron chi connectivity index (χ1n) is 7.86. The van der Waals surface area contributed by atoms with E-state index >= 15 is 0 Å². The highest BCUT2D eigenvalue weighted by molar-refractivity contribution is 5.79. The van der Waals surface area contributed by atoms with Crippen molar-refractivity contribution < 1.29 is 14.7 Å². The van der Waals surface area contributed by atoms with E-state index < -0.39 is 5.97 Å². The van der Waals surface area contributed by atoms with Crippen molar-refractivity contribution in [2.45, 2.75) is 69.9 Å². The van der Waals surface area contributed by atoms with Gasteiger partial charge in [0.25, 0.3) is 0 Å². The quantitative estimate of drug-likeness (QED) is 0.686. The van der Waals surface area contributed by atoms with Crippen LogP contribution >= 0.6 is 0 Å². The van der Waals surface area contributed by atoms with Crippen LogP contribution in [0.25, 0.3) is 0 Å². The number of nitrogens with one attached hydrogen (secondary N) is 1. The Kier molecular flexibility index (Phi) is 5.40. The molecular formula is C15H26N2O3. The molecule has 2 rings (SSSR count). The molecule has 114 valence electrons. The van der Waals surface area contributed by atoms with Gasteiger partial charge < -0.3 is 16.2 Å². The van der Waals surface area contributed by atoms with Crippen molar-refractivity contribution in [2.75, 3.05) is 0 Å². The van der Waals surface area contributed by atoms with Gasteiger partial charge in [-0.3, -0.25) is 9.59 Å². The van der Waals surface area contributed by atoms with Crippen LogP contribution in [-0.4, -0.2) is 29.1 Å². The summed E-state index contributed by atoms with van der Waals surface area (Å²) in [6, 6.07) is 0.112. The van der Waals surface area contributed by atoms with Gasteiger partial charge in [0.1, 0.15) is 0 Å². The maximum atomic E-state index is 12.3. The fourth-order valence-electron chi connectivity index (χ4n) is 3.45. The first-order valence-corrected chi connectivity index (χ1v) is 7.86.